The van der Waals surface area contributed by atoms with Gasteiger partial charge in [0.05, 0.1) is 11.2 Å². The molecule has 166 valence electrons. The number of fused-ring (bicyclic) bond motifs is 3. The van der Waals surface area contributed by atoms with Crippen molar-refractivity contribution in [2.45, 2.75) is 26.7 Å². The number of aryl methyl sites for hydroxylation is 2. The number of amides is 2. The van der Waals surface area contributed by atoms with E-state index in [0.717, 1.165) is 39.1 Å². The van der Waals surface area contributed by atoms with E-state index in [1.165, 1.54) is 11.3 Å². The number of carbonyl (C=O) groups excluding carboxylic acids is 2. The Morgan fingerprint density at radius 1 is 1.21 bits per heavy atom. The van der Waals surface area contributed by atoms with Crippen molar-refractivity contribution in [2.75, 3.05) is 5.32 Å². The van der Waals surface area contributed by atoms with Crippen molar-refractivity contribution < 1.29 is 9.59 Å². The second kappa shape index (κ2) is 8.14. The van der Waals surface area contributed by atoms with Crippen molar-refractivity contribution in [3.63, 3.8) is 0 Å². The molecule has 0 spiro atoms. The number of aromatic nitrogens is 5. The average molecular weight is 460 g/mol. The van der Waals surface area contributed by atoms with Gasteiger partial charge in [0.25, 0.3) is 5.91 Å². The topological polar surface area (TPSA) is 131 Å². The number of carbonyl (C=O) groups is 2. The number of primary amides is 1. The van der Waals surface area contributed by atoms with Crippen LogP contribution in [0, 0.1) is 13.8 Å². The van der Waals surface area contributed by atoms with Gasteiger partial charge in [0.2, 0.25) is 5.91 Å². The molecule has 0 aliphatic rings. The van der Waals surface area contributed by atoms with Gasteiger partial charge in [0.15, 0.2) is 10.8 Å². The predicted molar refractivity (Wildman–Crippen MR) is 127 cm³/mol. The van der Waals surface area contributed by atoms with Crippen molar-refractivity contribution in [1.29, 1.82) is 0 Å². The summed E-state index contributed by atoms with van der Waals surface area (Å²) in [7, 11) is 0. The van der Waals surface area contributed by atoms with Crippen molar-refractivity contribution in [3.8, 4) is 11.3 Å². The van der Waals surface area contributed by atoms with Crippen LogP contribution < -0.4 is 11.1 Å². The standard InChI is InChI=1S/C23H21N7O2S/c1-12-15(13(2)30-22(26-12)16-5-3-4-6-17(16)29-30)7-8-20(31)28-23-27-19(11-33-23)14-9-18(21(24)32)25-10-14/h3-6,9-11,25H,7-8H2,1-2H3,(H2,24,32)(H,27,28,31). The van der Waals surface area contributed by atoms with Crippen molar-refractivity contribution in [1.82, 2.24) is 24.6 Å². The number of rotatable bonds is 6. The Labute approximate surface area is 192 Å². The quantitative estimate of drug-likeness (QED) is 0.357. The fraction of sp³-hybridized carbons (Fsp3) is 0.174. The molecule has 0 saturated carbocycles. The van der Waals surface area contributed by atoms with Gasteiger partial charge in [-0.15, -0.1) is 11.3 Å². The van der Waals surface area contributed by atoms with E-state index < -0.39 is 5.91 Å². The number of anilines is 1. The highest BCUT2D eigenvalue weighted by Gasteiger charge is 2.16. The molecule has 0 radical (unpaired) electrons. The zero-order valence-electron chi connectivity index (χ0n) is 18.0. The van der Waals surface area contributed by atoms with Gasteiger partial charge in [-0.25, -0.2) is 14.5 Å². The van der Waals surface area contributed by atoms with Gasteiger partial charge in [-0.3, -0.25) is 9.59 Å². The van der Waals surface area contributed by atoms with Crippen LogP contribution in [0.3, 0.4) is 0 Å². The molecular weight excluding hydrogens is 438 g/mol. The van der Waals surface area contributed by atoms with Gasteiger partial charge >= 0.3 is 0 Å². The highest BCUT2D eigenvalue weighted by Crippen LogP contribution is 2.26. The molecule has 2 amide bonds. The molecule has 4 heterocycles. The predicted octanol–water partition coefficient (Wildman–Crippen LogP) is 3.62. The summed E-state index contributed by atoms with van der Waals surface area (Å²) in [6.45, 7) is 3.97. The first-order valence-corrected chi connectivity index (χ1v) is 11.3. The van der Waals surface area contributed by atoms with Gasteiger partial charge in [-0.05, 0) is 44.0 Å². The molecule has 0 saturated heterocycles. The van der Waals surface area contributed by atoms with Crippen LogP contribution in [0.5, 0.6) is 0 Å². The van der Waals surface area contributed by atoms with E-state index in [4.69, 9.17) is 10.7 Å². The number of thiazole rings is 1. The second-order valence-electron chi connectivity index (χ2n) is 7.77. The SMILES string of the molecule is Cc1nc2c3ccccc3nn2c(C)c1CCC(=O)Nc1nc(-c2c[nH]c(C(N)=O)c2)cs1. The molecule has 4 N–H and O–H groups in total. The largest absolute Gasteiger partial charge is 0.364 e. The normalized spacial score (nSPS) is 11.3. The van der Waals surface area contributed by atoms with Crippen molar-refractivity contribution in [2.24, 2.45) is 5.73 Å². The smallest absolute Gasteiger partial charge is 0.265 e. The van der Waals surface area contributed by atoms with Crippen molar-refractivity contribution in [3.05, 3.63) is 64.6 Å². The maximum Gasteiger partial charge on any atom is 0.265 e. The Balaban J connectivity index is 1.30. The highest BCUT2D eigenvalue weighted by atomic mass is 32.1. The molecule has 5 rings (SSSR count). The summed E-state index contributed by atoms with van der Waals surface area (Å²) in [4.78, 5) is 35.9. The van der Waals surface area contributed by atoms with Crippen LogP contribution in [0.4, 0.5) is 5.13 Å². The van der Waals surface area contributed by atoms with Gasteiger partial charge in [-0.1, -0.05) is 12.1 Å². The lowest BCUT2D eigenvalue weighted by Gasteiger charge is -2.11. The number of aromatic amines is 1. The third kappa shape index (κ3) is 3.85. The molecule has 0 fully saturated rings. The zero-order chi connectivity index (χ0) is 23.1. The summed E-state index contributed by atoms with van der Waals surface area (Å²) in [6.07, 6.45) is 2.50. The van der Waals surface area contributed by atoms with Gasteiger partial charge in [0.1, 0.15) is 5.69 Å². The van der Waals surface area contributed by atoms with E-state index in [-0.39, 0.29) is 5.91 Å². The fourth-order valence-electron chi connectivity index (χ4n) is 3.91. The van der Waals surface area contributed by atoms with Crippen LogP contribution in [0.15, 0.2) is 41.9 Å². The Bertz CT molecular complexity index is 1530. The molecule has 0 atom stereocenters. The third-order valence-electron chi connectivity index (χ3n) is 5.61. The maximum absolute atomic E-state index is 12.6. The molecule has 4 aromatic heterocycles. The minimum absolute atomic E-state index is 0.132. The Kier molecular flexibility index (Phi) is 5.14. The lowest BCUT2D eigenvalue weighted by molar-refractivity contribution is -0.116. The van der Waals surface area contributed by atoms with E-state index in [0.29, 0.717) is 29.4 Å². The number of nitrogens with zero attached hydrogens (tertiary/aromatic N) is 4. The van der Waals surface area contributed by atoms with Crippen LogP contribution in [0.1, 0.15) is 33.9 Å². The summed E-state index contributed by atoms with van der Waals surface area (Å²) in [5.41, 5.74) is 11.6. The number of hydrogen-bond acceptors (Lipinski definition) is 6. The first-order chi connectivity index (χ1) is 15.9. The first-order valence-electron chi connectivity index (χ1n) is 10.4. The van der Waals surface area contributed by atoms with E-state index in [1.807, 2.05) is 48.0 Å². The van der Waals surface area contributed by atoms with Gasteiger partial charge in [-0.2, -0.15) is 5.10 Å². The van der Waals surface area contributed by atoms with E-state index in [9.17, 15) is 9.59 Å². The number of nitrogens with two attached hydrogens (primary N) is 1. The van der Waals surface area contributed by atoms with Crippen LogP contribution in [0.25, 0.3) is 27.8 Å². The monoisotopic (exact) mass is 459 g/mol. The lowest BCUT2D eigenvalue weighted by atomic mass is 10.1. The molecule has 33 heavy (non-hydrogen) atoms. The molecule has 10 heteroatoms. The lowest BCUT2D eigenvalue weighted by Crippen LogP contribution is -2.14. The Morgan fingerprint density at radius 2 is 2.03 bits per heavy atom. The molecule has 9 nitrogen and oxygen atoms in total. The van der Waals surface area contributed by atoms with E-state index >= 15 is 0 Å². The summed E-state index contributed by atoms with van der Waals surface area (Å²) in [6, 6.07) is 9.55. The van der Waals surface area contributed by atoms with Crippen LogP contribution in [-0.4, -0.2) is 36.4 Å². The fourth-order valence-corrected chi connectivity index (χ4v) is 4.64. The minimum Gasteiger partial charge on any atom is -0.364 e. The number of nitrogens with one attached hydrogen (secondary N) is 2. The maximum atomic E-state index is 12.6. The summed E-state index contributed by atoms with van der Waals surface area (Å²) in [5.74, 6) is -0.668. The first kappa shape index (κ1) is 20.8. The number of H-pyrrole nitrogens is 1. The molecule has 1 aromatic carbocycles. The molecular formula is C23H21N7O2S. The Hall–Kier alpha value is -4.05. The number of benzene rings is 1. The molecule has 5 aromatic rings. The second-order valence-corrected chi connectivity index (χ2v) is 8.62. The summed E-state index contributed by atoms with van der Waals surface area (Å²) >= 11 is 1.32. The number of hydrogen-bond donors (Lipinski definition) is 3. The molecule has 0 aliphatic heterocycles. The molecule has 0 aliphatic carbocycles. The van der Waals surface area contributed by atoms with Crippen LogP contribution >= 0.6 is 11.3 Å². The van der Waals surface area contributed by atoms with Crippen molar-refractivity contribution >= 4 is 44.8 Å². The minimum atomic E-state index is -0.536. The third-order valence-corrected chi connectivity index (χ3v) is 6.37. The molecule has 0 bridgehead atoms. The van der Waals surface area contributed by atoms with E-state index in [2.05, 4.69) is 20.4 Å². The van der Waals surface area contributed by atoms with Gasteiger partial charge < -0.3 is 16.0 Å². The molecule has 0 unspecified atom stereocenters. The zero-order valence-corrected chi connectivity index (χ0v) is 18.9. The summed E-state index contributed by atoms with van der Waals surface area (Å²) < 4.78 is 1.86. The van der Waals surface area contributed by atoms with Crippen LogP contribution in [0.2, 0.25) is 0 Å². The van der Waals surface area contributed by atoms with Crippen LogP contribution in [-0.2, 0) is 11.2 Å². The summed E-state index contributed by atoms with van der Waals surface area (Å²) in [5, 5.41) is 10.8. The van der Waals surface area contributed by atoms with Gasteiger partial charge in [0, 0.05) is 40.3 Å². The highest BCUT2D eigenvalue weighted by molar-refractivity contribution is 7.14. The van der Waals surface area contributed by atoms with E-state index in [1.54, 1.807) is 12.3 Å². The average Bonchev–Trinajstić information content (AvgIpc) is 3.52. The Morgan fingerprint density at radius 3 is 2.82 bits per heavy atom.